The number of halogens is 2. The van der Waals surface area contributed by atoms with E-state index in [9.17, 15) is 19.6 Å². The molecule has 10 nitrogen and oxygen atoms in total. The number of carbonyl (C=O) groups is 3. The summed E-state index contributed by atoms with van der Waals surface area (Å²) < 4.78 is 44.8. The molecule has 0 aliphatic carbocycles. The van der Waals surface area contributed by atoms with E-state index in [2.05, 4.69) is 11.4 Å². The Labute approximate surface area is 280 Å². The van der Waals surface area contributed by atoms with Gasteiger partial charge < -0.3 is 23.8 Å². The van der Waals surface area contributed by atoms with Crippen molar-refractivity contribution in [3.05, 3.63) is 52.7 Å². The third kappa shape index (κ3) is 5.94. The minimum absolute atomic E-state index is 0.0222. The summed E-state index contributed by atoms with van der Waals surface area (Å²) in [4.78, 5) is 42.9. The number of nitriles is 1. The number of aromatic nitrogens is 1. The van der Waals surface area contributed by atoms with Crippen molar-refractivity contribution >= 4 is 55.4 Å². The van der Waals surface area contributed by atoms with Gasteiger partial charge in [-0.2, -0.15) is 5.26 Å². The molecular weight excluding hydrogens is 640 g/mol. The van der Waals surface area contributed by atoms with Gasteiger partial charge in [0.25, 0.3) is 5.91 Å². The molecule has 1 saturated heterocycles. The van der Waals surface area contributed by atoms with Crippen LogP contribution in [0.1, 0.15) is 69.6 Å². The molecule has 0 saturated carbocycles. The molecule has 0 unspecified atom stereocenters. The van der Waals surface area contributed by atoms with Gasteiger partial charge in [0.2, 0.25) is 0 Å². The highest BCUT2D eigenvalue weighted by Crippen LogP contribution is 2.46. The fraction of sp³-hybridized carbons (Fsp3) is 0.429. The minimum atomic E-state index is -0.809. The van der Waals surface area contributed by atoms with Crippen LogP contribution in [-0.4, -0.2) is 69.3 Å². The summed E-state index contributed by atoms with van der Waals surface area (Å²) >= 11 is 0.866. The number of anilines is 1. The lowest BCUT2D eigenvalue weighted by molar-refractivity contribution is 0.00284. The van der Waals surface area contributed by atoms with Gasteiger partial charge in [-0.05, 0) is 78.6 Å². The summed E-state index contributed by atoms with van der Waals surface area (Å²) in [6, 6.07) is 7.41. The van der Waals surface area contributed by atoms with Crippen LogP contribution >= 0.6 is 11.3 Å². The third-order valence-corrected chi connectivity index (χ3v) is 9.55. The van der Waals surface area contributed by atoms with E-state index in [1.54, 1.807) is 57.4 Å². The lowest BCUT2D eigenvalue weighted by Gasteiger charge is -2.42. The summed E-state index contributed by atoms with van der Waals surface area (Å²) in [5.41, 5.74) is 0.413. The first kappa shape index (κ1) is 33.2. The number of carbonyl (C=O) groups excluding carboxylic acids is 3. The fourth-order valence-corrected chi connectivity index (χ4v) is 7.61. The normalized spacial score (nSPS) is 16.8. The van der Waals surface area contributed by atoms with E-state index in [1.807, 2.05) is 11.5 Å². The molecular formula is C35H37F2N5O5S. The molecule has 3 amide bonds. The summed E-state index contributed by atoms with van der Waals surface area (Å²) in [6.07, 6.45) is -0.699. The first-order valence-electron chi connectivity index (χ1n) is 15.7. The molecule has 252 valence electrons. The van der Waals surface area contributed by atoms with E-state index in [4.69, 9.17) is 9.47 Å². The average Bonchev–Trinajstić information content (AvgIpc) is 3.50. The van der Waals surface area contributed by atoms with Gasteiger partial charge in [0.05, 0.1) is 27.4 Å². The molecule has 13 heteroatoms. The highest BCUT2D eigenvalue weighted by atomic mass is 32.1. The number of amides is 3. The Kier molecular flexibility index (Phi) is 8.14. The number of hydrogen-bond acceptors (Lipinski definition) is 7. The molecule has 2 aromatic carbocycles. The number of thiophene rings is 1. The topological polar surface area (TPSA) is 117 Å². The Balaban J connectivity index is 1.45. The smallest absolute Gasteiger partial charge is 0.412 e. The van der Waals surface area contributed by atoms with E-state index in [-0.39, 0.29) is 62.4 Å². The van der Waals surface area contributed by atoms with E-state index in [0.29, 0.717) is 30.4 Å². The predicted octanol–water partition coefficient (Wildman–Crippen LogP) is 7.79. The van der Waals surface area contributed by atoms with Crippen LogP contribution in [0.3, 0.4) is 0 Å². The zero-order valence-electron chi connectivity index (χ0n) is 27.9. The van der Waals surface area contributed by atoms with Crippen molar-refractivity contribution in [2.24, 2.45) is 0 Å². The standard InChI is InChI=1S/C35H37F2N5O5S/c1-18-14-21-26(20-8-9-24(36)29-27(20)23(16-38)30(48-29)39-32(44)46-34(2,3)4)25(37)15-22-28(21)41(18)11-10-19-17-40(12-13-42(19)31(22)43)33(45)47-35(5,6)7/h8-9,14-15,19H,10-13,17H2,1-7H3,(H,39,44)/t19-/m0/s1. The van der Waals surface area contributed by atoms with Gasteiger partial charge in [0.1, 0.15) is 33.9 Å². The van der Waals surface area contributed by atoms with Gasteiger partial charge in [-0.3, -0.25) is 10.1 Å². The van der Waals surface area contributed by atoms with E-state index in [0.717, 1.165) is 17.0 Å². The number of nitrogens with zero attached hydrogens (tertiary/aromatic N) is 4. The van der Waals surface area contributed by atoms with Crippen LogP contribution in [0.25, 0.3) is 32.1 Å². The van der Waals surface area contributed by atoms with Crippen molar-refractivity contribution < 1.29 is 32.6 Å². The predicted molar refractivity (Wildman–Crippen MR) is 179 cm³/mol. The Morgan fingerprint density at radius 1 is 1.00 bits per heavy atom. The second kappa shape index (κ2) is 11.8. The maximum Gasteiger partial charge on any atom is 0.412 e. The molecule has 2 aliphatic rings. The van der Waals surface area contributed by atoms with Crippen LogP contribution in [0.15, 0.2) is 24.3 Å². The van der Waals surface area contributed by atoms with Crippen LogP contribution in [0.2, 0.25) is 0 Å². The average molecular weight is 678 g/mol. The first-order valence-corrected chi connectivity index (χ1v) is 16.6. The molecule has 2 aromatic heterocycles. The van der Waals surface area contributed by atoms with Crippen molar-refractivity contribution in [1.29, 1.82) is 5.26 Å². The molecule has 1 fully saturated rings. The van der Waals surface area contributed by atoms with Crippen molar-refractivity contribution in [1.82, 2.24) is 14.4 Å². The van der Waals surface area contributed by atoms with Crippen LogP contribution in [0, 0.1) is 29.9 Å². The maximum absolute atomic E-state index is 16.5. The molecule has 0 bridgehead atoms. The van der Waals surface area contributed by atoms with Crippen molar-refractivity contribution in [3.8, 4) is 17.2 Å². The second-order valence-corrected chi connectivity index (χ2v) is 15.2. The third-order valence-electron chi connectivity index (χ3n) is 8.44. The molecule has 1 atom stereocenters. The van der Waals surface area contributed by atoms with Crippen LogP contribution < -0.4 is 5.32 Å². The van der Waals surface area contributed by atoms with Crippen molar-refractivity contribution in [2.75, 3.05) is 25.0 Å². The molecule has 0 spiro atoms. The zero-order valence-corrected chi connectivity index (χ0v) is 28.7. The Morgan fingerprint density at radius 3 is 2.38 bits per heavy atom. The van der Waals surface area contributed by atoms with Gasteiger partial charge in [-0.25, -0.2) is 18.4 Å². The van der Waals surface area contributed by atoms with Gasteiger partial charge in [-0.15, -0.1) is 11.3 Å². The van der Waals surface area contributed by atoms with E-state index in [1.165, 1.54) is 18.2 Å². The minimum Gasteiger partial charge on any atom is -0.444 e. The van der Waals surface area contributed by atoms with Crippen LogP contribution in [0.4, 0.5) is 23.4 Å². The highest BCUT2D eigenvalue weighted by molar-refractivity contribution is 7.23. The number of hydrogen-bond donors (Lipinski definition) is 1. The quantitative estimate of drug-likeness (QED) is 0.232. The van der Waals surface area contributed by atoms with Gasteiger partial charge in [0, 0.05) is 48.2 Å². The van der Waals surface area contributed by atoms with Crippen LogP contribution in [-0.2, 0) is 16.0 Å². The summed E-state index contributed by atoms with van der Waals surface area (Å²) in [5.74, 6) is -1.69. The van der Waals surface area contributed by atoms with Gasteiger partial charge in [-0.1, -0.05) is 6.07 Å². The number of aryl methyl sites for hydroxylation is 2. The van der Waals surface area contributed by atoms with Gasteiger partial charge in [0.15, 0.2) is 0 Å². The van der Waals surface area contributed by atoms with Gasteiger partial charge >= 0.3 is 12.2 Å². The van der Waals surface area contributed by atoms with E-state index < -0.39 is 35.0 Å². The zero-order chi connectivity index (χ0) is 34.9. The summed E-state index contributed by atoms with van der Waals surface area (Å²) in [6.45, 7) is 13.7. The Hall–Kier alpha value is -4.70. The Bertz CT molecular complexity index is 2050. The molecule has 6 rings (SSSR count). The van der Waals surface area contributed by atoms with Crippen molar-refractivity contribution in [3.63, 3.8) is 0 Å². The number of nitrogens with one attached hydrogen (secondary N) is 1. The summed E-state index contributed by atoms with van der Waals surface area (Å²) in [5, 5.41) is 13.5. The van der Waals surface area contributed by atoms with Crippen molar-refractivity contribution in [2.45, 2.75) is 78.7 Å². The highest BCUT2D eigenvalue weighted by Gasteiger charge is 2.38. The SMILES string of the molecule is Cc1cc2c(-c3ccc(F)c4sc(NC(=O)OC(C)(C)C)c(C#N)c34)c(F)cc3c2n1CC[C@H]1CN(C(=O)OC(C)(C)C)CCN1C3=O. The molecule has 48 heavy (non-hydrogen) atoms. The monoisotopic (exact) mass is 677 g/mol. The lowest BCUT2D eigenvalue weighted by Crippen LogP contribution is -2.57. The molecule has 2 aliphatic heterocycles. The molecule has 4 aromatic rings. The number of benzene rings is 2. The maximum atomic E-state index is 16.5. The first-order chi connectivity index (χ1) is 22.5. The molecule has 1 N–H and O–H groups in total. The largest absolute Gasteiger partial charge is 0.444 e. The molecule has 4 heterocycles. The number of rotatable bonds is 2. The lowest BCUT2D eigenvalue weighted by atomic mass is 9.93. The number of fused-ring (bicyclic) bond motifs is 2. The number of ether oxygens (including phenoxy) is 2. The number of piperazine rings is 1. The second-order valence-electron chi connectivity index (χ2n) is 14.2. The van der Waals surface area contributed by atoms with Crippen LogP contribution in [0.5, 0.6) is 0 Å². The summed E-state index contributed by atoms with van der Waals surface area (Å²) in [7, 11) is 0. The Morgan fingerprint density at radius 2 is 1.71 bits per heavy atom. The fourth-order valence-electron chi connectivity index (χ4n) is 6.54. The van der Waals surface area contributed by atoms with E-state index >= 15 is 8.78 Å². The molecule has 0 radical (unpaired) electrons.